The number of aryl methyl sites for hydroxylation is 1. The third-order valence-electron chi connectivity index (χ3n) is 6.66. The topological polar surface area (TPSA) is 66.2 Å². The van der Waals surface area contributed by atoms with Gasteiger partial charge in [-0.05, 0) is 76.9 Å². The van der Waals surface area contributed by atoms with Crippen molar-refractivity contribution in [2.75, 3.05) is 7.11 Å². The van der Waals surface area contributed by atoms with Crippen LogP contribution in [0.1, 0.15) is 46.2 Å². The van der Waals surface area contributed by atoms with Crippen LogP contribution in [0.2, 0.25) is 0 Å². The molecule has 0 amide bonds. The van der Waals surface area contributed by atoms with Crippen molar-refractivity contribution in [2.24, 2.45) is 9.98 Å². The Morgan fingerprint density at radius 1 is 0.939 bits per heavy atom. The number of hydrogen-bond acceptors (Lipinski definition) is 5. The minimum absolute atomic E-state index is 0.152. The Balaban J connectivity index is 1.59. The molecule has 164 valence electrons. The Hall–Kier alpha value is -3.70. The SMILES string of the molecule is COC1N=C(c2ccccc2O)N=C(c2cc3c4c(ccc3c3c2CCC=C3)CCC=C4)N1. The van der Waals surface area contributed by atoms with Gasteiger partial charge in [-0.3, -0.25) is 0 Å². The van der Waals surface area contributed by atoms with Gasteiger partial charge in [0, 0.05) is 12.7 Å². The van der Waals surface area contributed by atoms with Gasteiger partial charge in [0.2, 0.25) is 6.35 Å². The van der Waals surface area contributed by atoms with Gasteiger partial charge in [0.25, 0.3) is 0 Å². The van der Waals surface area contributed by atoms with E-state index in [1.807, 2.05) is 12.1 Å². The van der Waals surface area contributed by atoms with Crippen molar-refractivity contribution in [3.05, 3.63) is 88.0 Å². The highest BCUT2D eigenvalue weighted by atomic mass is 16.5. The fourth-order valence-electron chi connectivity index (χ4n) is 5.04. The monoisotopic (exact) mass is 435 g/mol. The van der Waals surface area contributed by atoms with Crippen molar-refractivity contribution in [2.45, 2.75) is 32.0 Å². The number of phenols is 1. The zero-order valence-corrected chi connectivity index (χ0v) is 18.5. The van der Waals surface area contributed by atoms with E-state index < -0.39 is 6.35 Å². The molecule has 0 radical (unpaired) electrons. The molecule has 1 heterocycles. The molecular formula is C28H25N3O2. The summed E-state index contributed by atoms with van der Waals surface area (Å²) in [6.07, 6.45) is 12.5. The van der Waals surface area contributed by atoms with Gasteiger partial charge in [-0.2, -0.15) is 0 Å². The smallest absolute Gasteiger partial charge is 0.228 e. The molecule has 2 N–H and O–H groups in total. The average molecular weight is 436 g/mol. The fraction of sp³-hybridized carbons (Fsp3) is 0.214. The summed E-state index contributed by atoms with van der Waals surface area (Å²) in [7, 11) is 1.62. The average Bonchev–Trinajstić information content (AvgIpc) is 2.88. The largest absolute Gasteiger partial charge is 0.507 e. The number of nitrogens with one attached hydrogen (secondary N) is 1. The van der Waals surface area contributed by atoms with Crippen LogP contribution in [-0.4, -0.2) is 30.2 Å². The minimum atomic E-state index is -0.581. The zero-order valence-electron chi connectivity index (χ0n) is 18.5. The summed E-state index contributed by atoms with van der Waals surface area (Å²) in [6, 6.07) is 14.0. The number of hydrogen-bond donors (Lipinski definition) is 2. The molecule has 6 rings (SSSR count). The first-order valence-electron chi connectivity index (χ1n) is 11.4. The van der Waals surface area contributed by atoms with Crippen molar-refractivity contribution in [3.8, 4) is 5.75 Å². The molecule has 0 fully saturated rings. The molecule has 0 saturated heterocycles. The number of nitrogens with zero attached hydrogens (tertiary/aromatic N) is 2. The molecule has 3 aromatic carbocycles. The fourth-order valence-corrected chi connectivity index (χ4v) is 5.04. The first kappa shape index (κ1) is 19.9. The lowest BCUT2D eigenvalue weighted by Crippen LogP contribution is -2.40. The first-order chi connectivity index (χ1) is 16.2. The van der Waals surface area contributed by atoms with Crippen molar-refractivity contribution < 1.29 is 9.84 Å². The van der Waals surface area contributed by atoms with Crippen molar-refractivity contribution in [1.29, 1.82) is 0 Å². The Bertz CT molecular complexity index is 1400. The van der Waals surface area contributed by atoms with Crippen molar-refractivity contribution >= 4 is 34.6 Å². The van der Waals surface area contributed by atoms with Crippen LogP contribution >= 0.6 is 0 Å². The lowest BCUT2D eigenvalue weighted by molar-refractivity contribution is 0.0974. The Kier molecular flexibility index (Phi) is 4.84. The summed E-state index contributed by atoms with van der Waals surface area (Å²) in [5, 5.41) is 16.3. The van der Waals surface area contributed by atoms with Gasteiger partial charge in [0.1, 0.15) is 11.6 Å². The number of phenolic OH excluding ortho intramolecular Hbond substituents is 1. The summed E-state index contributed by atoms with van der Waals surface area (Å²) < 4.78 is 5.57. The summed E-state index contributed by atoms with van der Waals surface area (Å²) in [6.45, 7) is 0. The molecule has 5 heteroatoms. The number of methoxy groups -OCH3 is 1. The number of fused-ring (bicyclic) bond motifs is 5. The van der Waals surface area contributed by atoms with Gasteiger partial charge < -0.3 is 15.2 Å². The van der Waals surface area contributed by atoms with Gasteiger partial charge in [0.05, 0.1) is 5.56 Å². The van der Waals surface area contributed by atoms with Crippen molar-refractivity contribution in [3.63, 3.8) is 0 Å². The van der Waals surface area contributed by atoms with E-state index in [4.69, 9.17) is 9.73 Å². The predicted octanol–water partition coefficient (Wildman–Crippen LogP) is 5.19. The Morgan fingerprint density at radius 2 is 1.76 bits per heavy atom. The number of aromatic hydroxyl groups is 1. The molecule has 1 unspecified atom stereocenters. The molecule has 3 aliphatic rings. The molecule has 3 aromatic rings. The second-order valence-electron chi connectivity index (χ2n) is 8.59. The number of allylic oxidation sites excluding steroid dienone is 2. The number of aliphatic imine (C=N–C) groups is 2. The molecular weight excluding hydrogens is 410 g/mol. The molecule has 2 aliphatic carbocycles. The van der Waals surface area contributed by atoms with Crippen LogP contribution in [0.5, 0.6) is 5.75 Å². The zero-order chi connectivity index (χ0) is 22.4. The molecule has 1 atom stereocenters. The summed E-state index contributed by atoms with van der Waals surface area (Å²) >= 11 is 0. The minimum Gasteiger partial charge on any atom is -0.507 e. The number of rotatable bonds is 3. The second kappa shape index (κ2) is 8.01. The third-order valence-corrected chi connectivity index (χ3v) is 6.66. The highest BCUT2D eigenvalue weighted by Gasteiger charge is 2.25. The third kappa shape index (κ3) is 3.36. The van der Waals surface area contributed by atoms with E-state index in [2.05, 4.69) is 52.8 Å². The predicted molar refractivity (Wildman–Crippen MR) is 134 cm³/mol. The number of benzene rings is 3. The van der Waals surface area contributed by atoms with E-state index in [1.54, 1.807) is 19.2 Å². The number of ether oxygens (including phenoxy) is 1. The van der Waals surface area contributed by atoms with Crippen LogP contribution in [0, 0.1) is 0 Å². The summed E-state index contributed by atoms with van der Waals surface area (Å²) in [5.74, 6) is 1.34. The van der Waals surface area contributed by atoms with Gasteiger partial charge in [-0.1, -0.05) is 48.6 Å². The van der Waals surface area contributed by atoms with Crippen LogP contribution in [0.3, 0.4) is 0 Å². The molecule has 0 aromatic heterocycles. The molecule has 1 aliphatic heterocycles. The van der Waals surface area contributed by atoms with Crippen LogP contribution in [0.15, 0.2) is 64.6 Å². The van der Waals surface area contributed by atoms with Crippen LogP contribution in [0.25, 0.3) is 22.9 Å². The van der Waals surface area contributed by atoms with Crippen LogP contribution < -0.4 is 5.32 Å². The van der Waals surface area contributed by atoms with Crippen molar-refractivity contribution in [1.82, 2.24) is 5.32 Å². The standard InChI is InChI=1S/C28H25N3O2/c1-33-28-30-26(22-12-6-7-13-25(22)32)29-27(31-28)24-16-23-18-9-3-2-8-17(18)14-15-21(23)19-10-4-5-11-20(19)24/h3-4,6-7,9-10,12-16,28,32H,2,5,8,11H2,1H3,(H,29,30,31). The van der Waals surface area contributed by atoms with E-state index in [1.165, 1.54) is 33.0 Å². The van der Waals surface area contributed by atoms with E-state index in [-0.39, 0.29) is 5.75 Å². The summed E-state index contributed by atoms with van der Waals surface area (Å²) in [5.41, 5.74) is 6.90. The van der Waals surface area contributed by atoms with Gasteiger partial charge in [0.15, 0.2) is 5.84 Å². The second-order valence-corrected chi connectivity index (χ2v) is 8.59. The maximum absolute atomic E-state index is 10.4. The summed E-state index contributed by atoms with van der Waals surface area (Å²) in [4.78, 5) is 9.44. The molecule has 0 spiro atoms. The number of para-hydroxylation sites is 1. The van der Waals surface area contributed by atoms with Gasteiger partial charge in [-0.25, -0.2) is 9.98 Å². The van der Waals surface area contributed by atoms with E-state index in [0.29, 0.717) is 11.4 Å². The van der Waals surface area contributed by atoms with Gasteiger partial charge in [-0.15, -0.1) is 0 Å². The van der Waals surface area contributed by atoms with E-state index >= 15 is 0 Å². The van der Waals surface area contributed by atoms with Crippen LogP contribution in [0.4, 0.5) is 0 Å². The lowest BCUT2D eigenvalue weighted by Gasteiger charge is -2.26. The number of amidine groups is 2. The highest BCUT2D eigenvalue weighted by molar-refractivity contribution is 6.16. The normalized spacial score (nSPS) is 18.9. The first-order valence-corrected chi connectivity index (χ1v) is 11.4. The molecule has 5 nitrogen and oxygen atoms in total. The maximum atomic E-state index is 10.4. The van der Waals surface area contributed by atoms with Crippen LogP contribution in [-0.2, 0) is 17.6 Å². The Labute approximate surface area is 192 Å². The van der Waals surface area contributed by atoms with Gasteiger partial charge >= 0.3 is 0 Å². The Morgan fingerprint density at radius 3 is 2.61 bits per heavy atom. The molecule has 0 bridgehead atoms. The molecule has 0 saturated carbocycles. The lowest BCUT2D eigenvalue weighted by atomic mass is 9.84. The van der Waals surface area contributed by atoms with E-state index in [9.17, 15) is 5.11 Å². The maximum Gasteiger partial charge on any atom is 0.228 e. The highest BCUT2D eigenvalue weighted by Crippen LogP contribution is 2.36. The quantitative estimate of drug-likeness (QED) is 0.595. The van der Waals surface area contributed by atoms with E-state index in [0.717, 1.165) is 37.1 Å². The molecule has 33 heavy (non-hydrogen) atoms.